The summed E-state index contributed by atoms with van der Waals surface area (Å²) in [6.07, 6.45) is -4.33. The highest BCUT2D eigenvalue weighted by molar-refractivity contribution is 5.86. The molecule has 7 heteroatoms. The van der Waals surface area contributed by atoms with Gasteiger partial charge in [0.1, 0.15) is 6.61 Å². The summed E-state index contributed by atoms with van der Waals surface area (Å²) >= 11 is 0. The zero-order valence-electron chi connectivity index (χ0n) is 12.6. The summed E-state index contributed by atoms with van der Waals surface area (Å²) in [5, 5.41) is 1.05. The van der Waals surface area contributed by atoms with Crippen LogP contribution in [0, 0.1) is 0 Å². The van der Waals surface area contributed by atoms with E-state index >= 15 is 0 Å². The van der Waals surface area contributed by atoms with Crippen LogP contribution in [0.4, 0.5) is 17.6 Å². The van der Waals surface area contributed by atoms with Gasteiger partial charge in [-0.3, -0.25) is 4.79 Å². The van der Waals surface area contributed by atoms with Gasteiger partial charge in [0, 0.05) is 6.92 Å². The topological polar surface area (TPSA) is 35.5 Å². The Bertz CT molecular complexity index is 770. The third kappa shape index (κ3) is 2.53. The lowest BCUT2D eigenvalue weighted by Gasteiger charge is -2.23. The Labute approximate surface area is 135 Å². The molecule has 0 aliphatic carbocycles. The zero-order chi connectivity index (χ0) is 17.5. The van der Waals surface area contributed by atoms with Crippen LogP contribution in [0.15, 0.2) is 42.5 Å². The summed E-state index contributed by atoms with van der Waals surface area (Å²) in [5.41, 5.74) is -0.0249. The van der Waals surface area contributed by atoms with Gasteiger partial charge in [-0.1, -0.05) is 42.5 Å². The summed E-state index contributed by atoms with van der Waals surface area (Å²) in [6, 6.07) is 11.2. The average Bonchev–Trinajstić information content (AvgIpc) is 2.71. The molecule has 1 fully saturated rings. The van der Waals surface area contributed by atoms with Gasteiger partial charge in [-0.2, -0.15) is 17.6 Å². The van der Waals surface area contributed by atoms with Crippen LogP contribution in [0.3, 0.4) is 0 Å². The maximum atomic E-state index is 14.4. The van der Waals surface area contributed by atoms with E-state index in [1.807, 2.05) is 0 Å². The lowest BCUT2D eigenvalue weighted by molar-refractivity contribution is -0.203. The summed E-state index contributed by atoms with van der Waals surface area (Å²) in [5.74, 6) is -9.72. The predicted molar refractivity (Wildman–Crippen MR) is 78.1 cm³/mol. The van der Waals surface area contributed by atoms with Crippen molar-refractivity contribution >= 4 is 16.7 Å². The van der Waals surface area contributed by atoms with Gasteiger partial charge in [-0.05, 0) is 16.3 Å². The van der Waals surface area contributed by atoms with E-state index in [-0.39, 0.29) is 5.56 Å². The van der Waals surface area contributed by atoms with E-state index in [0.29, 0.717) is 10.8 Å². The first-order valence-corrected chi connectivity index (χ1v) is 7.27. The monoisotopic (exact) mass is 342 g/mol. The van der Waals surface area contributed by atoms with E-state index in [1.54, 1.807) is 30.3 Å². The summed E-state index contributed by atoms with van der Waals surface area (Å²) in [7, 11) is 0. The first-order chi connectivity index (χ1) is 11.2. The van der Waals surface area contributed by atoms with Gasteiger partial charge in [0.15, 0.2) is 12.2 Å². The van der Waals surface area contributed by atoms with Crippen molar-refractivity contribution in [1.82, 2.24) is 0 Å². The van der Waals surface area contributed by atoms with Crippen molar-refractivity contribution in [1.29, 1.82) is 0 Å². The third-order valence-electron chi connectivity index (χ3n) is 4.02. The molecule has 24 heavy (non-hydrogen) atoms. The highest BCUT2D eigenvalue weighted by Crippen LogP contribution is 2.55. The van der Waals surface area contributed by atoms with Gasteiger partial charge in [0.2, 0.25) is 0 Å². The number of ether oxygens (including phenoxy) is 2. The number of benzene rings is 2. The van der Waals surface area contributed by atoms with Crippen LogP contribution in [0.25, 0.3) is 10.8 Å². The number of rotatable bonds is 3. The van der Waals surface area contributed by atoms with Crippen LogP contribution in [0.1, 0.15) is 18.6 Å². The Kier molecular flexibility index (Phi) is 3.99. The molecule has 3 rings (SSSR count). The Morgan fingerprint density at radius 2 is 1.75 bits per heavy atom. The van der Waals surface area contributed by atoms with Crippen LogP contribution >= 0.6 is 0 Å². The SMILES string of the molecule is CC(=O)OC[C@@H]1O[C@H](c2cccc3ccccc23)C(F)(F)C1(F)F. The van der Waals surface area contributed by atoms with E-state index in [2.05, 4.69) is 4.74 Å². The average molecular weight is 342 g/mol. The molecule has 1 heterocycles. The number of carbonyl (C=O) groups excluding carboxylic acids is 1. The van der Waals surface area contributed by atoms with Gasteiger partial charge in [0.05, 0.1) is 0 Å². The highest BCUT2D eigenvalue weighted by atomic mass is 19.3. The molecular formula is C17H14F4O3. The number of esters is 1. The molecule has 0 unspecified atom stereocenters. The predicted octanol–water partition coefficient (Wildman–Crippen LogP) is 4.11. The van der Waals surface area contributed by atoms with Crippen molar-refractivity contribution in [3.63, 3.8) is 0 Å². The standard InChI is InChI=1S/C17H14F4O3/c1-10(22)23-9-14-16(18,19)17(20,21)15(24-14)13-8-4-6-11-5-2-3-7-12(11)13/h2-8,14-15H,9H2,1H3/t14-,15+/m0/s1. The molecule has 128 valence electrons. The lowest BCUT2D eigenvalue weighted by atomic mass is 9.95. The normalized spacial score (nSPS) is 24.9. The van der Waals surface area contributed by atoms with E-state index in [9.17, 15) is 22.4 Å². The molecule has 0 N–H and O–H groups in total. The van der Waals surface area contributed by atoms with E-state index in [1.165, 1.54) is 12.1 Å². The number of carbonyl (C=O) groups is 1. The molecule has 0 aromatic heterocycles. The van der Waals surface area contributed by atoms with Crippen molar-refractivity contribution in [2.45, 2.75) is 31.0 Å². The summed E-state index contributed by atoms with van der Waals surface area (Å²) < 4.78 is 66.3. The molecule has 2 aromatic rings. The fourth-order valence-electron chi connectivity index (χ4n) is 2.81. The molecule has 2 aromatic carbocycles. The minimum Gasteiger partial charge on any atom is -0.463 e. The largest absolute Gasteiger partial charge is 0.463 e. The Balaban J connectivity index is 2.02. The smallest absolute Gasteiger partial charge is 0.342 e. The highest BCUT2D eigenvalue weighted by Gasteiger charge is 2.73. The molecule has 1 aliphatic rings. The molecule has 2 atom stereocenters. The van der Waals surface area contributed by atoms with E-state index in [4.69, 9.17) is 4.74 Å². The fraction of sp³-hybridized carbons (Fsp3) is 0.353. The lowest BCUT2D eigenvalue weighted by Crippen LogP contribution is -2.46. The van der Waals surface area contributed by atoms with Crippen LogP contribution in [0.5, 0.6) is 0 Å². The molecule has 0 radical (unpaired) electrons. The van der Waals surface area contributed by atoms with Crippen molar-refractivity contribution in [2.75, 3.05) is 6.61 Å². The van der Waals surface area contributed by atoms with E-state index in [0.717, 1.165) is 6.92 Å². The summed E-state index contributed by atoms with van der Waals surface area (Å²) in [6.45, 7) is 0.0760. The van der Waals surface area contributed by atoms with Gasteiger partial charge in [-0.15, -0.1) is 0 Å². The zero-order valence-corrected chi connectivity index (χ0v) is 12.6. The molecule has 1 saturated heterocycles. The van der Waals surface area contributed by atoms with Crippen LogP contribution in [-0.4, -0.2) is 30.5 Å². The Morgan fingerprint density at radius 1 is 1.08 bits per heavy atom. The number of alkyl halides is 4. The number of hydrogen-bond donors (Lipinski definition) is 0. The van der Waals surface area contributed by atoms with Crippen molar-refractivity contribution in [2.24, 2.45) is 0 Å². The first-order valence-electron chi connectivity index (χ1n) is 7.27. The van der Waals surface area contributed by atoms with Crippen molar-refractivity contribution in [3.05, 3.63) is 48.0 Å². The van der Waals surface area contributed by atoms with Crippen LogP contribution in [0.2, 0.25) is 0 Å². The molecule has 0 amide bonds. The van der Waals surface area contributed by atoms with Gasteiger partial charge in [0.25, 0.3) is 0 Å². The van der Waals surface area contributed by atoms with Crippen molar-refractivity contribution < 1.29 is 31.8 Å². The van der Waals surface area contributed by atoms with Gasteiger partial charge in [-0.25, -0.2) is 0 Å². The molecule has 1 aliphatic heterocycles. The molecule has 0 saturated carbocycles. The number of halogens is 4. The van der Waals surface area contributed by atoms with E-state index < -0.39 is 36.6 Å². The third-order valence-corrected chi connectivity index (χ3v) is 4.02. The maximum Gasteiger partial charge on any atom is 0.342 e. The Morgan fingerprint density at radius 3 is 2.46 bits per heavy atom. The van der Waals surface area contributed by atoms with Crippen molar-refractivity contribution in [3.8, 4) is 0 Å². The summed E-state index contributed by atoms with van der Waals surface area (Å²) in [4.78, 5) is 10.8. The second-order valence-corrected chi connectivity index (χ2v) is 5.62. The fourth-order valence-corrected chi connectivity index (χ4v) is 2.81. The minimum atomic E-state index is -4.45. The van der Waals surface area contributed by atoms with Gasteiger partial charge < -0.3 is 9.47 Å². The van der Waals surface area contributed by atoms with Crippen LogP contribution < -0.4 is 0 Å². The minimum absolute atomic E-state index is 0.0249. The second kappa shape index (κ2) is 5.73. The molecular weight excluding hydrogens is 328 g/mol. The molecule has 0 bridgehead atoms. The quantitative estimate of drug-likeness (QED) is 0.622. The maximum absolute atomic E-state index is 14.4. The number of hydrogen-bond acceptors (Lipinski definition) is 3. The second-order valence-electron chi connectivity index (χ2n) is 5.62. The Hall–Kier alpha value is -2.15. The first kappa shape index (κ1) is 16.7. The van der Waals surface area contributed by atoms with Gasteiger partial charge >= 0.3 is 17.8 Å². The molecule has 3 nitrogen and oxygen atoms in total. The molecule has 0 spiro atoms. The van der Waals surface area contributed by atoms with Crippen LogP contribution in [-0.2, 0) is 14.3 Å². The number of fused-ring (bicyclic) bond motifs is 1.